The van der Waals surface area contributed by atoms with Crippen molar-refractivity contribution in [2.75, 3.05) is 42.5 Å². The Labute approximate surface area is 351 Å². The number of aromatic nitrogens is 2. The van der Waals surface area contributed by atoms with Crippen LogP contribution in [0.25, 0.3) is 0 Å². The third kappa shape index (κ3) is 7.76. The summed E-state index contributed by atoms with van der Waals surface area (Å²) in [5.74, 6) is -1.47. The van der Waals surface area contributed by atoms with Crippen molar-refractivity contribution in [2.45, 2.75) is 94.5 Å². The topological polar surface area (TPSA) is 181 Å². The minimum Gasteiger partial charge on any atom is -0.490 e. The second-order valence-electron chi connectivity index (χ2n) is 16.8. The summed E-state index contributed by atoms with van der Waals surface area (Å²) in [7, 11) is 0. The van der Waals surface area contributed by atoms with E-state index in [0.717, 1.165) is 87.8 Å². The van der Waals surface area contributed by atoms with Crippen LogP contribution in [0.4, 0.5) is 15.9 Å². The summed E-state index contributed by atoms with van der Waals surface area (Å²) in [4.78, 5) is 71.5. The zero-order chi connectivity index (χ0) is 41.7. The number of piperazine rings is 1. The fourth-order valence-electron chi connectivity index (χ4n) is 9.90. The molecule has 312 valence electrons. The van der Waals surface area contributed by atoms with Crippen molar-refractivity contribution in [2.24, 2.45) is 5.92 Å². The van der Waals surface area contributed by atoms with E-state index in [4.69, 9.17) is 21.6 Å². The molecule has 0 spiro atoms. The van der Waals surface area contributed by atoms with Crippen LogP contribution >= 0.6 is 11.6 Å². The fraction of sp³-hybridized carbons (Fsp3) is 0.488. The predicted molar refractivity (Wildman–Crippen MR) is 216 cm³/mol. The molecule has 2 aromatic carbocycles. The van der Waals surface area contributed by atoms with Crippen molar-refractivity contribution < 1.29 is 33.1 Å². The van der Waals surface area contributed by atoms with Crippen LogP contribution in [0, 0.1) is 23.1 Å². The first-order valence-electron chi connectivity index (χ1n) is 20.8. The molecule has 6 aliphatic rings. The maximum absolute atomic E-state index is 15.7. The lowest BCUT2D eigenvalue weighted by Gasteiger charge is -2.44. The van der Waals surface area contributed by atoms with Gasteiger partial charge >= 0.3 is 0 Å². The number of hydrogen-bond donors (Lipinski definition) is 2. The molecule has 5 fully saturated rings. The van der Waals surface area contributed by atoms with Gasteiger partial charge in [0.25, 0.3) is 17.7 Å². The summed E-state index contributed by atoms with van der Waals surface area (Å²) in [6, 6.07) is 12.7. The molecule has 2 N–H and O–H groups in total. The molecule has 2 bridgehead atoms. The molecule has 5 aliphatic heterocycles. The number of amides is 5. The van der Waals surface area contributed by atoms with Gasteiger partial charge in [0, 0.05) is 63.3 Å². The van der Waals surface area contributed by atoms with E-state index in [-0.39, 0.29) is 65.5 Å². The molecule has 0 radical (unpaired) electrons. The van der Waals surface area contributed by atoms with Crippen LogP contribution in [0.3, 0.4) is 0 Å². The number of hydrogen-bond acceptors (Lipinski definition) is 12. The molecule has 15 nitrogen and oxygen atoms in total. The third-order valence-electron chi connectivity index (χ3n) is 13.1. The molecular weight excluding hydrogens is 793 g/mol. The van der Waals surface area contributed by atoms with Gasteiger partial charge in [-0.25, -0.2) is 4.39 Å². The van der Waals surface area contributed by atoms with Gasteiger partial charge in [0.15, 0.2) is 11.5 Å². The highest BCUT2D eigenvalue weighted by Gasteiger charge is 2.47. The summed E-state index contributed by atoms with van der Waals surface area (Å²) in [6.45, 7) is 3.79. The van der Waals surface area contributed by atoms with Crippen molar-refractivity contribution in [3.05, 3.63) is 75.7 Å². The number of imide groups is 2. The Balaban J connectivity index is 0.737. The number of anilines is 2. The molecule has 60 heavy (non-hydrogen) atoms. The SMILES string of the molecule is N#Cc1ccc(OC2CCC(NC(=O)c3ccc(N4CCC(CN5C6CCC5CN(c5cc7c(cc5F)C(=O)N(C5CCC(=O)NC5=O)C7=O)C6)CC4)nn3)CC2)cc1Cl. The van der Waals surface area contributed by atoms with E-state index in [2.05, 4.69) is 30.6 Å². The van der Waals surface area contributed by atoms with E-state index in [1.54, 1.807) is 24.3 Å². The molecule has 4 saturated heterocycles. The number of carbonyl (C=O) groups excluding carboxylic acids is 5. The molecule has 6 heterocycles. The van der Waals surface area contributed by atoms with Gasteiger partial charge in [-0.1, -0.05) is 11.6 Å². The standard InChI is InChI=1S/C43H45ClFN9O6/c44-33-17-30(6-1-25(33)20-46)60-29-7-2-26(3-8-29)47-40(56)35-9-11-38(50-49-35)51-15-13-24(14-16-51)21-53-27-4-5-28(53)23-52(22-27)37-19-32-31(18-34(37)45)42(58)54(43(32)59)36-10-12-39(55)48-41(36)57/h1,6,9,11,17-19,24,26-29,36H,2-5,7-8,10,12-16,21-23H2,(H,47,56)(H,48,55,57). The highest BCUT2D eigenvalue weighted by molar-refractivity contribution is 6.31. The van der Waals surface area contributed by atoms with Crippen LogP contribution in [0.1, 0.15) is 101 Å². The second-order valence-corrected chi connectivity index (χ2v) is 17.2. The molecule has 9 rings (SSSR count). The Kier molecular flexibility index (Phi) is 10.9. The van der Waals surface area contributed by atoms with E-state index in [1.807, 2.05) is 17.0 Å². The minimum atomic E-state index is -1.10. The van der Waals surface area contributed by atoms with Crippen molar-refractivity contribution >= 4 is 52.6 Å². The van der Waals surface area contributed by atoms with Gasteiger partial charge in [0.05, 0.1) is 33.5 Å². The van der Waals surface area contributed by atoms with E-state index in [0.29, 0.717) is 35.3 Å². The molecule has 1 aromatic heterocycles. The van der Waals surface area contributed by atoms with Gasteiger partial charge in [-0.2, -0.15) is 5.26 Å². The molecule has 3 unspecified atom stereocenters. The zero-order valence-electron chi connectivity index (χ0n) is 32.9. The minimum absolute atomic E-state index is 0.00541. The Hall–Kier alpha value is -5.66. The van der Waals surface area contributed by atoms with E-state index in [1.165, 1.54) is 6.07 Å². The fourth-order valence-corrected chi connectivity index (χ4v) is 10.1. The maximum atomic E-state index is 15.7. The van der Waals surface area contributed by atoms with E-state index in [9.17, 15) is 24.0 Å². The first kappa shape index (κ1) is 39.8. The van der Waals surface area contributed by atoms with Gasteiger partial charge in [-0.15, -0.1) is 10.2 Å². The molecule has 5 amide bonds. The maximum Gasteiger partial charge on any atom is 0.272 e. The zero-order valence-corrected chi connectivity index (χ0v) is 33.7. The van der Waals surface area contributed by atoms with Crippen molar-refractivity contribution in [1.82, 2.24) is 30.6 Å². The summed E-state index contributed by atoms with van der Waals surface area (Å²) in [5, 5.41) is 23.5. The molecule has 3 atom stereocenters. The first-order chi connectivity index (χ1) is 29.0. The Bertz CT molecular complexity index is 2260. The lowest BCUT2D eigenvalue weighted by molar-refractivity contribution is -0.136. The molecule has 3 aromatic rings. The van der Waals surface area contributed by atoms with Crippen LogP contribution in [-0.2, 0) is 9.59 Å². The van der Waals surface area contributed by atoms with Gasteiger partial charge in [0.2, 0.25) is 11.8 Å². The van der Waals surface area contributed by atoms with Gasteiger partial charge in [0.1, 0.15) is 23.7 Å². The largest absolute Gasteiger partial charge is 0.490 e. The summed E-state index contributed by atoms with van der Waals surface area (Å²) in [6.07, 6.45) is 7.10. The Morgan fingerprint density at radius 2 is 1.60 bits per heavy atom. The van der Waals surface area contributed by atoms with Crippen LogP contribution in [0.15, 0.2) is 42.5 Å². The van der Waals surface area contributed by atoms with Crippen molar-refractivity contribution in [1.29, 1.82) is 5.26 Å². The number of fused-ring (bicyclic) bond motifs is 3. The van der Waals surface area contributed by atoms with Crippen LogP contribution in [-0.4, -0.2) is 113 Å². The number of nitriles is 1. The summed E-state index contributed by atoms with van der Waals surface area (Å²) in [5.41, 5.74) is 0.999. The van der Waals surface area contributed by atoms with Gasteiger partial charge in [-0.05, 0) is 100 Å². The number of rotatable bonds is 9. The molecule has 1 saturated carbocycles. The highest BCUT2D eigenvalue weighted by atomic mass is 35.5. The molecule has 1 aliphatic carbocycles. The average Bonchev–Trinajstić information content (AvgIpc) is 3.61. The number of halogens is 2. The smallest absolute Gasteiger partial charge is 0.272 e. The highest BCUT2D eigenvalue weighted by Crippen LogP contribution is 2.38. The van der Waals surface area contributed by atoms with Crippen molar-refractivity contribution in [3.8, 4) is 11.8 Å². The van der Waals surface area contributed by atoms with E-state index < -0.39 is 35.5 Å². The second kappa shape index (κ2) is 16.4. The van der Waals surface area contributed by atoms with Crippen LogP contribution in [0.2, 0.25) is 5.02 Å². The lowest BCUT2D eigenvalue weighted by Crippen LogP contribution is -2.55. The average molecular weight is 838 g/mol. The predicted octanol–water partition coefficient (Wildman–Crippen LogP) is 4.23. The van der Waals surface area contributed by atoms with Crippen LogP contribution in [0.5, 0.6) is 5.75 Å². The van der Waals surface area contributed by atoms with Crippen LogP contribution < -0.4 is 25.2 Å². The lowest BCUT2D eigenvalue weighted by atomic mass is 9.92. The van der Waals surface area contributed by atoms with Gasteiger partial charge < -0.3 is 19.9 Å². The van der Waals surface area contributed by atoms with Crippen molar-refractivity contribution in [3.63, 3.8) is 0 Å². The number of nitrogens with zero attached hydrogens (tertiary/aromatic N) is 7. The normalized spacial score (nSPS) is 25.9. The number of benzene rings is 2. The number of piperidine rings is 2. The Morgan fingerprint density at radius 1 is 0.883 bits per heavy atom. The Morgan fingerprint density at radius 3 is 2.25 bits per heavy atom. The molecule has 17 heteroatoms. The van der Waals surface area contributed by atoms with E-state index >= 15 is 4.39 Å². The number of nitrogens with one attached hydrogen (secondary N) is 2. The molecular formula is C43H45ClFN9O6. The monoisotopic (exact) mass is 837 g/mol. The summed E-state index contributed by atoms with van der Waals surface area (Å²) >= 11 is 6.15. The quantitative estimate of drug-likeness (QED) is 0.294. The van der Waals surface area contributed by atoms with Gasteiger partial charge in [-0.3, -0.25) is 39.1 Å². The number of ether oxygens (including phenoxy) is 1. The first-order valence-corrected chi connectivity index (χ1v) is 21.2. The summed E-state index contributed by atoms with van der Waals surface area (Å²) < 4.78 is 21.8. The number of carbonyl (C=O) groups is 5. The third-order valence-corrected chi connectivity index (χ3v) is 13.5.